The Kier molecular flexibility index (Phi) is 7.29. The lowest BCUT2D eigenvalue weighted by Gasteiger charge is -2.23. The monoisotopic (exact) mass is 440 g/mol. The van der Waals surface area contributed by atoms with Gasteiger partial charge in [0.2, 0.25) is 5.91 Å². The number of aryl methyl sites for hydroxylation is 2. The summed E-state index contributed by atoms with van der Waals surface area (Å²) in [4.78, 5) is 34.3. The van der Waals surface area contributed by atoms with Gasteiger partial charge in [-0.25, -0.2) is 9.50 Å². The van der Waals surface area contributed by atoms with Crippen molar-refractivity contribution in [2.45, 2.75) is 53.1 Å². The van der Waals surface area contributed by atoms with E-state index in [0.29, 0.717) is 41.5 Å². The van der Waals surface area contributed by atoms with E-state index in [9.17, 15) is 9.59 Å². The van der Waals surface area contributed by atoms with E-state index in [2.05, 4.69) is 22.2 Å². The van der Waals surface area contributed by atoms with Gasteiger partial charge >= 0.3 is 0 Å². The Morgan fingerprint density at radius 2 is 2.09 bits per heavy atom. The first kappa shape index (κ1) is 23.5. The SMILES string of the molecule is CCCc1nc(C)c2c(=O)[nH]c(-c3cc(CN(C)[C@H](C)C(=O)NC)ccc3OCC)nn12. The van der Waals surface area contributed by atoms with E-state index in [-0.39, 0.29) is 17.5 Å². The first-order chi connectivity index (χ1) is 15.3. The molecule has 0 radical (unpaired) electrons. The Bertz CT molecular complexity index is 1170. The highest BCUT2D eigenvalue weighted by atomic mass is 16.5. The second-order valence-corrected chi connectivity index (χ2v) is 7.90. The molecule has 2 N–H and O–H groups in total. The molecule has 0 saturated carbocycles. The molecule has 32 heavy (non-hydrogen) atoms. The topological polar surface area (TPSA) is 105 Å². The van der Waals surface area contributed by atoms with Crippen molar-refractivity contribution in [3.63, 3.8) is 0 Å². The quantitative estimate of drug-likeness (QED) is 0.529. The van der Waals surface area contributed by atoms with Crippen molar-refractivity contribution in [1.29, 1.82) is 0 Å². The lowest BCUT2D eigenvalue weighted by Crippen LogP contribution is -2.41. The third-order valence-corrected chi connectivity index (χ3v) is 5.53. The normalized spacial score (nSPS) is 12.3. The van der Waals surface area contributed by atoms with Crippen LogP contribution >= 0.6 is 0 Å². The maximum atomic E-state index is 12.9. The zero-order valence-electron chi connectivity index (χ0n) is 19.7. The summed E-state index contributed by atoms with van der Waals surface area (Å²) in [6.45, 7) is 8.69. The van der Waals surface area contributed by atoms with Crippen LogP contribution in [0.5, 0.6) is 5.75 Å². The number of hydrogen-bond donors (Lipinski definition) is 2. The van der Waals surface area contributed by atoms with Crippen LogP contribution in [0, 0.1) is 6.92 Å². The minimum atomic E-state index is -0.283. The third kappa shape index (κ3) is 4.67. The average Bonchev–Trinajstić information content (AvgIpc) is 3.09. The highest BCUT2D eigenvalue weighted by molar-refractivity contribution is 5.80. The molecule has 0 unspecified atom stereocenters. The highest BCUT2D eigenvalue weighted by Gasteiger charge is 2.19. The number of benzene rings is 1. The van der Waals surface area contributed by atoms with Gasteiger partial charge < -0.3 is 15.0 Å². The van der Waals surface area contributed by atoms with Gasteiger partial charge in [0, 0.05) is 20.0 Å². The number of H-pyrrole nitrogens is 1. The van der Waals surface area contributed by atoms with Crippen LogP contribution in [0.15, 0.2) is 23.0 Å². The van der Waals surface area contributed by atoms with Crippen molar-refractivity contribution in [3.05, 3.63) is 45.6 Å². The van der Waals surface area contributed by atoms with E-state index < -0.39 is 0 Å². The van der Waals surface area contributed by atoms with Gasteiger partial charge in [0.05, 0.1) is 23.9 Å². The Hall–Kier alpha value is -3.20. The zero-order valence-corrected chi connectivity index (χ0v) is 19.7. The van der Waals surface area contributed by atoms with Gasteiger partial charge in [-0.15, -0.1) is 5.10 Å². The number of carbonyl (C=O) groups is 1. The van der Waals surface area contributed by atoms with Gasteiger partial charge in [0.25, 0.3) is 5.56 Å². The number of rotatable bonds is 9. The molecule has 0 fully saturated rings. The van der Waals surface area contributed by atoms with Crippen LogP contribution in [-0.2, 0) is 17.8 Å². The lowest BCUT2D eigenvalue weighted by atomic mass is 10.1. The molecule has 0 bridgehead atoms. The molecule has 0 aliphatic rings. The highest BCUT2D eigenvalue weighted by Crippen LogP contribution is 2.29. The summed E-state index contributed by atoms with van der Waals surface area (Å²) in [7, 11) is 3.53. The molecule has 0 aliphatic carbocycles. The number of hydrogen-bond acceptors (Lipinski definition) is 6. The van der Waals surface area contributed by atoms with Crippen LogP contribution in [0.3, 0.4) is 0 Å². The third-order valence-electron chi connectivity index (χ3n) is 5.53. The molecule has 1 aromatic carbocycles. The largest absolute Gasteiger partial charge is 0.493 e. The molecule has 2 aromatic heterocycles. The summed E-state index contributed by atoms with van der Waals surface area (Å²) >= 11 is 0. The van der Waals surface area contributed by atoms with Crippen LogP contribution in [0.2, 0.25) is 0 Å². The molecule has 1 atom stereocenters. The number of aromatic nitrogens is 4. The molecule has 3 aromatic rings. The maximum Gasteiger partial charge on any atom is 0.277 e. The molecule has 0 spiro atoms. The molecule has 2 heterocycles. The van der Waals surface area contributed by atoms with Crippen LogP contribution in [0.25, 0.3) is 16.9 Å². The molecule has 9 nitrogen and oxygen atoms in total. The molecular formula is C23H32N6O3. The number of imidazole rings is 1. The molecule has 0 aliphatic heterocycles. The van der Waals surface area contributed by atoms with Gasteiger partial charge in [-0.1, -0.05) is 13.0 Å². The number of nitrogens with zero attached hydrogens (tertiary/aromatic N) is 4. The standard InChI is InChI=1S/C23H32N6O3/c1-7-9-19-25-14(3)20-23(31)26-21(27-29(19)20)17-12-16(10-11-18(17)32-8-2)13-28(6)15(4)22(30)24-5/h10-12,15H,7-9,13H2,1-6H3,(H,24,30)(H,26,27,31)/t15-/m1/s1. The van der Waals surface area contributed by atoms with Crippen LogP contribution in [0.1, 0.15) is 44.3 Å². The molecule has 172 valence electrons. The van der Waals surface area contributed by atoms with Crippen molar-refractivity contribution in [3.8, 4) is 17.1 Å². The summed E-state index contributed by atoms with van der Waals surface area (Å²) in [5.41, 5.74) is 2.56. The van der Waals surface area contributed by atoms with E-state index in [1.54, 1.807) is 11.6 Å². The predicted molar refractivity (Wildman–Crippen MR) is 124 cm³/mol. The van der Waals surface area contributed by atoms with E-state index in [4.69, 9.17) is 9.84 Å². The van der Waals surface area contributed by atoms with Crippen molar-refractivity contribution in [2.24, 2.45) is 0 Å². The van der Waals surface area contributed by atoms with Crippen molar-refractivity contribution in [2.75, 3.05) is 20.7 Å². The lowest BCUT2D eigenvalue weighted by molar-refractivity contribution is -0.125. The van der Waals surface area contributed by atoms with Crippen molar-refractivity contribution >= 4 is 11.4 Å². The maximum absolute atomic E-state index is 12.9. The van der Waals surface area contributed by atoms with Crippen LogP contribution in [-0.4, -0.2) is 57.1 Å². The number of nitrogens with one attached hydrogen (secondary N) is 2. The molecule has 3 rings (SSSR count). The number of fused-ring (bicyclic) bond motifs is 1. The Morgan fingerprint density at radius 1 is 1.34 bits per heavy atom. The van der Waals surface area contributed by atoms with Gasteiger partial charge in [-0.2, -0.15) is 0 Å². The van der Waals surface area contributed by atoms with Gasteiger partial charge in [-0.3, -0.25) is 14.5 Å². The Morgan fingerprint density at radius 3 is 2.75 bits per heavy atom. The molecule has 9 heteroatoms. The molecule has 1 amide bonds. The number of ether oxygens (including phenoxy) is 1. The van der Waals surface area contributed by atoms with E-state index >= 15 is 0 Å². The number of amides is 1. The molecule has 0 saturated heterocycles. The first-order valence-electron chi connectivity index (χ1n) is 11.0. The van der Waals surface area contributed by atoms with E-state index in [0.717, 1.165) is 24.2 Å². The van der Waals surface area contributed by atoms with Gasteiger partial charge in [-0.05, 0) is 51.9 Å². The van der Waals surface area contributed by atoms with Crippen LogP contribution < -0.4 is 15.6 Å². The second-order valence-electron chi connectivity index (χ2n) is 7.90. The number of likely N-dealkylation sites (N-methyl/N-ethyl adjacent to an activating group) is 2. The summed E-state index contributed by atoms with van der Waals surface area (Å²) in [5, 5.41) is 7.40. The van der Waals surface area contributed by atoms with Crippen molar-refractivity contribution < 1.29 is 9.53 Å². The number of carbonyl (C=O) groups excluding carboxylic acids is 1. The summed E-state index contributed by atoms with van der Waals surface area (Å²) < 4.78 is 7.47. The van der Waals surface area contributed by atoms with Crippen LogP contribution in [0.4, 0.5) is 0 Å². The predicted octanol–water partition coefficient (Wildman–Crippen LogP) is 2.31. The summed E-state index contributed by atoms with van der Waals surface area (Å²) in [5.74, 6) is 1.77. The summed E-state index contributed by atoms with van der Waals surface area (Å²) in [6, 6.07) is 5.51. The fourth-order valence-electron chi connectivity index (χ4n) is 3.72. The van der Waals surface area contributed by atoms with Gasteiger partial charge in [0.15, 0.2) is 11.3 Å². The number of aromatic amines is 1. The Balaban J connectivity index is 2.08. The first-order valence-corrected chi connectivity index (χ1v) is 11.0. The Labute approximate surface area is 187 Å². The van der Waals surface area contributed by atoms with E-state index in [1.165, 1.54) is 0 Å². The fourth-order valence-corrected chi connectivity index (χ4v) is 3.72. The minimum Gasteiger partial charge on any atom is -0.493 e. The second kappa shape index (κ2) is 9.95. The average molecular weight is 441 g/mol. The summed E-state index contributed by atoms with van der Waals surface area (Å²) in [6.07, 6.45) is 1.63. The van der Waals surface area contributed by atoms with Crippen molar-refractivity contribution in [1.82, 2.24) is 29.8 Å². The smallest absolute Gasteiger partial charge is 0.277 e. The van der Waals surface area contributed by atoms with Gasteiger partial charge in [0.1, 0.15) is 11.6 Å². The zero-order chi connectivity index (χ0) is 23.4. The minimum absolute atomic E-state index is 0.0472. The fraction of sp³-hybridized carbons (Fsp3) is 0.478. The molecular weight excluding hydrogens is 408 g/mol. The van der Waals surface area contributed by atoms with E-state index in [1.807, 2.05) is 50.9 Å².